The Morgan fingerprint density at radius 3 is 0.989 bits per heavy atom. The van der Waals surface area contributed by atoms with E-state index in [4.69, 9.17) is 36.7 Å². The molecule has 2 N–H and O–H groups in total. The Balaban J connectivity index is 0.000000961. The van der Waals surface area contributed by atoms with Crippen LogP contribution in [0.5, 0.6) is 11.5 Å². The van der Waals surface area contributed by atoms with Gasteiger partial charge in [-0.15, -0.1) is 0 Å². The number of methoxy groups -OCH3 is 2. The lowest BCUT2D eigenvalue weighted by Gasteiger charge is -2.45. The molecule has 0 saturated carbocycles. The number of hydrogen-bond acceptors (Lipinski definition) is 12. The second-order valence-corrected chi connectivity index (χ2v) is 52.6. The predicted octanol–water partition coefficient (Wildman–Crippen LogP) is 17.7. The molecule has 0 amide bonds. The Morgan fingerprint density at radius 1 is 0.409 bits per heavy atom. The maximum atomic E-state index is 10.4. The Bertz CT molecular complexity index is 2220. The monoisotopic (exact) mass is 1310 g/mol. The second-order valence-electron chi connectivity index (χ2n) is 33.5. The van der Waals surface area contributed by atoms with Crippen LogP contribution in [0.1, 0.15) is 163 Å². The third kappa shape index (κ3) is 27.1. The Kier molecular flexibility index (Phi) is 34.4. The number of benzene rings is 2. The van der Waals surface area contributed by atoms with Crippen molar-refractivity contribution in [2.45, 2.75) is 275 Å². The van der Waals surface area contributed by atoms with Crippen LogP contribution in [0, 0.1) is 47.3 Å². The molecule has 16 heteroatoms. The third-order valence-electron chi connectivity index (χ3n) is 21.0. The molecular formula is C72H142N2O10Si4. The molecule has 14 atom stereocenters. The lowest BCUT2D eigenvalue weighted by molar-refractivity contribution is -0.0441. The minimum absolute atomic E-state index is 0.00397. The fraction of sp³-hybridized carbons (Fsp3) is 0.833. The molecule has 0 fully saturated rings. The van der Waals surface area contributed by atoms with E-state index in [2.05, 4.69) is 246 Å². The van der Waals surface area contributed by atoms with Crippen molar-refractivity contribution in [3.8, 4) is 11.5 Å². The van der Waals surface area contributed by atoms with Gasteiger partial charge in [0.05, 0.1) is 70.7 Å². The van der Waals surface area contributed by atoms with Gasteiger partial charge in [-0.2, -0.15) is 0 Å². The van der Waals surface area contributed by atoms with E-state index >= 15 is 0 Å². The molecule has 0 aromatic heterocycles. The molecule has 0 bridgehead atoms. The maximum Gasteiger partial charge on any atom is 0.192 e. The summed E-state index contributed by atoms with van der Waals surface area (Å²) in [6.45, 7) is 73.9. The van der Waals surface area contributed by atoms with Gasteiger partial charge < -0.3 is 56.7 Å². The van der Waals surface area contributed by atoms with Crippen molar-refractivity contribution in [3.63, 3.8) is 0 Å². The van der Waals surface area contributed by atoms with Crippen LogP contribution < -0.4 is 9.47 Å². The molecule has 0 aliphatic carbocycles. The zero-order chi connectivity index (χ0) is 68.5. The summed E-state index contributed by atoms with van der Waals surface area (Å²) < 4.78 is 51.8. The van der Waals surface area contributed by atoms with Gasteiger partial charge in [0.15, 0.2) is 33.3 Å². The SMILES string of the molecule is CC(O)C(C)C(O[Si](C)(C)C(C)(C)C)C(C)CN(C)CC(C)C(O[Si](C)(C)C(C)(C)C)C(C)CO.COc1ccc(COCC(C)C(O[Si](C)(C)C(C)(C)C)C(C)CN(C)CC(C)C(O[Si](C)(C)C(C)(C)C)C(C)C(C)OCc2ccc(OC)cc2)cc1. The van der Waals surface area contributed by atoms with Crippen LogP contribution in [0.3, 0.4) is 0 Å². The van der Waals surface area contributed by atoms with Crippen molar-refractivity contribution in [1.29, 1.82) is 0 Å². The van der Waals surface area contributed by atoms with Gasteiger partial charge in [-0.3, -0.25) is 0 Å². The summed E-state index contributed by atoms with van der Waals surface area (Å²) in [7, 11) is -0.210. The maximum absolute atomic E-state index is 10.4. The van der Waals surface area contributed by atoms with E-state index in [1.54, 1.807) is 14.2 Å². The zero-order valence-electron chi connectivity index (χ0n) is 63.4. The van der Waals surface area contributed by atoms with E-state index in [0.29, 0.717) is 31.7 Å². The van der Waals surface area contributed by atoms with Gasteiger partial charge in [0.25, 0.3) is 0 Å². The first-order valence-corrected chi connectivity index (χ1v) is 45.4. The molecule has 0 radical (unpaired) electrons. The van der Waals surface area contributed by atoms with Crippen LogP contribution in [0.4, 0.5) is 0 Å². The van der Waals surface area contributed by atoms with Gasteiger partial charge in [-0.1, -0.05) is 163 Å². The first kappa shape index (κ1) is 84.5. The van der Waals surface area contributed by atoms with Crippen molar-refractivity contribution >= 4 is 33.3 Å². The molecule has 2 aromatic carbocycles. The summed E-state index contributed by atoms with van der Waals surface area (Å²) in [6, 6.07) is 16.3. The van der Waals surface area contributed by atoms with Gasteiger partial charge in [-0.05, 0) is 160 Å². The van der Waals surface area contributed by atoms with Crippen molar-refractivity contribution in [2.24, 2.45) is 47.3 Å². The highest BCUT2D eigenvalue weighted by molar-refractivity contribution is 6.75. The van der Waals surface area contributed by atoms with Gasteiger partial charge in [0.2, 0.25) is 0 Å². The number of nitrogens with zero attached hydrogens (tertiary/aromatic N) is 2. The molecule has 0 saturated heterocycles. The first-order chi connectivity index (χ1) is 39.9. The average molecular weight is 1310 g/mol. The van der Waals surface area contributed by atoms with Crippen LogP contribution in [0.25, 0.3) is 0 Å². The molecule has 88 heavy (non-hydrogen) atoms. The summed E-state index contributed by atoms with van der Waals surface area (Å²) in [5.74, 6) is 3.50. The molecule has 516 valence electrons. The van der Waals surface area contributed by atoms with Crippen LogP contribution in [-0.2, 0) is 40.4 Å². The van der Waals surface area contributed by atoms with Crippen LogP contribution in [0.15, 0.2) is 48.5 Å². The van der Waals surface area contributed by atoms with Crippen LogP contribution in [-0.4, -0.2) is 158 Å². The first-order valence-electron chi connectivity index (χ1n) is 33.7. The number of ether oxygens (including phenoxy) is 4. The molecule has 2 rings (SSSR count). The largest absolute Gasteiger partial charge is 0.497 e. The van der Waals surface area contributed by atoms with E-state index < -0.39 is 39.4 Å². The van der Waals surface area contributed by atoms with Crippen LogP contribution in [0.2, 0.25) is 72.5 Å². The lowest BCUT2D eigenvalue weighted by atomic mass is 9.89. The summed E-state index contributed by atoms with van der Waals surface area (Å²) in [5.41, 5.74) is 2.29. The number of rotatable bonds is 36. The van der Waals surface area contributed by atoms with E-state index in [-0.39, 0.29) is 92.8 Å². The Morgan fingerprint density at radius 2 is 0.693 bits per heavy atom. The number of aliphatic hydroxyl groups excluding tert-OH is 2. The highest BCUT2D eigenvalue weighted by Gasteiger charge is 2.46. The highest BCUT2D eigenvalue weighted by Crippen LogP contribution is 2.44. The van der Waals surface area contributed by atoms with Crippen molar-refractivity contribution < 1.29 is 46.9 Å². The fourth-order valence-corrected chi connectivity index (χ4v) is 16.6. The highest BCUT2D eigenvalue weighted by atomic mass is 28.4. The van der Waals surface area contributed by atoms with Crippen molar-refractivity contribution in [1.82, 2.24) is 9.80 Å². The zero-order valence-corrected chi connectivity index (χ0v) is 67.4. The molecule has 2 aromatic rings. The average Bonchev–Trinajstić information content (AvgIpc) is 2.18. The summed E-state index contributed by atoms with van der Waals surface area (Å²) >= 11 is 0. The molecule has 0 spiro atoms. The quantitative estimate of drug-likeness (QED) is 0.0632. The standard InChI is InChI=1S/C44H79NO6Si2.C28H63NO4Si2/c1-32(41(50-52(15,16)43(6,7)8)34(3)29-48-30-37-19-23-39(46-13)24-20-37)27-45(12)28-33(2)42(51-53(17,18)44(9,10)11)35(4)36(5)49-31-38-21-25-40(47-14)26-22-38;1-20(25(22(3)19-30)32-34(13,14)27(6,7)8)17-29(12)18-21(2)26(23(4)24(5)31)33-35(15,16)28(9,10)11/h19-26,32-36,41-42H,27-31H2,1-18H3;20-26,30-31H,17-19H2,1-16H3. The van der Waals surface area contributed by atoms with Gasteiger partial charge in [0, 0.05) is 56.5 Å². The van der Waals surface area contributed by atoms with Crippen molar-refractivity contribution in [2.75, 3.05) is 67.7 Å². The minimum atomic E-state index is -2.06. The van der Waals surface area contributed by atoms with Crippen molar-refractivity contribution in [3.05, 3.63) is 59.7 Å². The summed E-state index contributed by atoms with van der Waals surface area (Å²) in [4.78, 5) is 4.89. The molecule has 0 aliphatic rings. The summed E-state index contributed by atoms with van der Waals surface area (Å²) in [5, 5.41) is 20.9. The number of hydrogen-bond donors (Lipinski definition) is 2. The molecular weight excluding hydrogens is 1170 g/mol. The van der Waals surface area contributed by atoms with Gasteiger partial charge in [-0.25, -0.2) is 0 Å². The minimum Gasteiger partial charge on any atom is -0.497 e. The molecule has 0 aliphatic heterocycles. The summed E-state index contributed by atoms with van der Waals surface area (Å²) in [6.07, 6.45) is -0.222. The number of aliphatic hydroxyl groups is 2. The predicted molar refractivity (Wildman–Crippen MR) is 385 cm³/mol. The topological polar surface area (TPSA) is 121 Å². The third-order valence-corrected chi connectivity index (χ3v) is 38.9. The Labute approximate surface area is 547 Å². The Hall–Kier alpha value is -1.49. The van der Waals surface area contributed by atoms with E-state index in [1.165, 1.54) is 0 Å². The van der Waals surface area contributed by atoms with E-state index in [1.807, 2.05) is 31.2 Å². The fourth-order valence-electron chi connectivity index (χ4n) is 10.6. The van der Waals surface area contributed by atoms with Gasteiger partial charge >= 0.3 is 0 Å². The second kappa shape index (κ2) is 35.9. The molecule has 12 nitrogen and oxygen atoms in total. The van der Waals surface area contributed by atoms with E-state index in [0.717, 1.165) is 48.8 Å². The lowest BCUT2D eigenvalue weighted by Crippen LogP contribution is -2.51. The smallest absolute Gasteiger partial charge is 0.192 e. The molecule has 0 heterocycles. The van der Waals surface area contributed by atoms with E-state index in [9.17, 15) is 10.2 Å². The van der Waals surface area contributed by atoms with Crippen LogP contribution >= 0.6 is 0 Å². The van der Waals surface area contributed by atoms with Gasteiger partial charge in [0.1, 0.15) is 11.5 Å². The normalized spacial score (nSPS) is 18.4. The molecule has 14 unspecified atom stereocenters.